The van der Waals surface area contributed by atoms with Gasteiger partial charge in [-0.05, 0) is 37.0 Å². The maximum absolute atomic E-state index is 14.0. The first kappa shape index (κ1) is 15.5. The summed E-state index contributed by atoms with van der Waals surface area (Å²) in [4.78, 5) is 25.4. The average molecular weight is 370 g/mol. The number of carbonyl (C=O) groups is 2. The number of amides is 1. The SMILES string of the molecule is O=C(CC1(C(=O)O)CCC1)N1CCc2c(Br)ccc(F)c2C1. The summed E-state index contributed by atoms with van der Waals surface area (Å²) in [6.45, 7) is 0.721. The third-order valence-corrected chi connectivity index (χ3v) is 5.65. The molecule has 4 nitrogen and oxygen atoms in total. The van der Waals surface area contributed by atoms with Crippen molar-refractivity contribution >= 4 is 27.8 Å². The number of aliphatic carboxylic acids is 1. The minimum absolute atomic E-state index is 0.0211. The topological polar surface area (TPSA) is 57.6 Å². The van der Waals surface area contributed by atoms with Crippen LogP contribution in [0.15, 0.2) is 16.6 Å². The highest BCUT2D eigenvalue weighted by atomic mass is 79.9. The monoisotopic (exact) mass is 369 g/mol. The number of carboxylic acid groups (broad SMARTS) is 1. The van der Waals surface area contributed by atoms with Crippen molar-refractivity contribution in [3.8, 4) is 0 Å². The van der Waals surface area contributed by atoms with E-state index in [4.69, 9.17) is 0 Å². The van der Waals surface area contributed by atoms with E-state index in [2.05, 4.69) is 15.9 Å². The Hall–Kier alpha value is -1.43. The molecule has 0 aromatic heterocycles. The van der Waals surface area contributed by atoms with Gasteiger partial charge in [0.05, 0.1) is 5.41 Å². The Morgan fingerprint density at radius 3 is 2.64 bits per heavy atom. The molecule has 2 aliphatic rings. The van der Waals surface area contributed by atoms with Crippen LogP contribution in [0.1, 0.15) is 36.8 Å². The molecular formula is C16H17BrFNO3. The van der Waals surface area contributed by atoms with Gasteiger partial charge in [-0.25, -0.2) is 4.39 Å². The molecule has 0 radical (unpaired) electrons. The lowest BCUT2D eigenvalue weighted by Crippen LogP contribution is -2.45. The van der Waals surface area contributed by atoms with E-state index in [1.165, 1.54) is 6.07 Å². The van der Waals surface area contributed by atoms with Gasteiger partial charge in [-0.3, -0.25) is 9.59 Å². The Bertz CT molecular complexity index is 643. The Morgan fingerprint density at radius 1 is 1.32 bits per heavy atom. The lowest BCUT2D eigenvalue weighted by atomic mass is 9.66. The maximum atomic E-state index is 14.0. The van der Waals surface area contributed by atoms with E-state index in [1.54, 1.807) is 11.0 Å². The van der Waals surface area contributed by atoms with Crippen LogP contribution < -0.4 is 0 Å². The number of hydrogen-bond acceptors (Lipinski definition) is 2. The summed E-state index contributed by atoms with van der Waals surface area (Å²) in [7, 11) is 0. The largest absolute Gasteiger partial charge is 0.481 e. The number of carbonyl (C=O) groups excluding carboxylic acids is 1. The zero-order valence-electron chi connectivity index (χ0n) is 12.1. The summed E-state index contributed by atoms with van der Waals surface area (Å²) in [6, 6.07) is 3.07. The third-order valence-electron chi connectivity index (χ3n) is 4.90. The van der Waals surface area contributed by atoms with E-state index in [9.17, 15) is 19.1 Å². The standard InChI is InChI=1S/C16H17BrFNO3/c17-12-2-3-13(18)11-9-19(7-4-10(11)12)14(20)8-16(15(21)22)5-1-6-16/h2-3H,1,4-9H2,(H,21,22). The molecule has 22 heavy (non-hydrogen) atoms. The lowest BCUT2D eigenvalue weighted by Gasteiger charge is -2.39. The van der Waals surface area contributed by atoms with Crippen LogP contribution in [0, 0.1) is 11.2 Å². The van der Waals surface area contributed by atoms with Crippen molar-refractivity contribution < 1.29 is 19.1 Å². The van der Waals surface area contributed by atoms with Gasteiger partial charge in [-0.1, -0.05) is 22.4 Å². The summed E-state index contributed by atoms with van der Waals surface area (Å²) < 4.78 is 14.8. The molecule has 1 aromatic rings. The number of rotatable bonds is 3. The molecule has 1 aromatic carbocycles. The van der Waals surface area contributed by atoms with E-state index in [0.29, 0.717) is 31.4 Å². The van der Waals surface area contributed by atoms with Crippen molar-refractivity contribution in [3.05, 3.63) is 33.5 Å². The number of nitrogens with zero attached hydrogens (tertiary/aromatic N) is 1. The summed E-state index contributed by atoms with van der Waals surface area (Å²) in [5, 5.41) is 9.33. The molecule has 0 atom stereocenters. The van der Waals surface area contributed by atoms with E-state index < -0.39 is 11.4 Å². The molecule has 1 aliphatic carbocycles. The smallest absolute Gasteiger partial charge is 0.310 e. The van der Waals surface area contributed by atoms with Crippen molar-refractivity contribution in [1.29, 1.82) is 0 Å². The molecule has 3 rings (SSSR count). The van der Waals surface area contributed by atoms with Crippen LogP contribution in [0.25, 0.3) is 0 Å². The third kappa shape index (κ3) is 2.53. The van der Waals surface area contributed by atoms with Gasteiger partial charge in [0.15, 0.2) is 0 Å². The second-order valence-electron chi connectivity index (χ2n) is 6.17. The summed E-state index contributed by atoms with van der Waals surface area (Å²) in [5.41, 5.74) is 0.542. The Kier molecular flexibility index (Phi) is 3.97. The molecule has 0 spiro atoms. The van der Waals surface area contributed by atoms with E-state index in [1.807, 2.05) is 0 Å². The minimum atomic E-state index is -0.896. The highest BCUT2D eigenvalue weighted by Crippen LogP contribution is 2.44. The molecule has 1 amide bonds. The number of hydrogen-bond donors (Lipinski definition) is 1. The van der Waals surface area contributed by atoms with Crippen LogP contribution in [0.5, 0.6) is 0 Å². The number of halogens is 2. The van der Waals surface area contributed by atoms with Gasteiger partial charge in [-0.2, -0.15) is 0 Å². The predicted octanol–water partition coefficient (Wildman–Crippen LogP) is 3.12. The van der Waals surface area contributed by atoms with Crippen molar-refractivity contribution in [2.45, 2.75) is 38.6 Å². The van der Waals surface area contributed by atoms with Gasteiger partial charge in [0, 0.05) is 29.5 Å². The maximum Gasteiger partial charge on any atom is 0.310 e. The van der Waals surface area contributed by atoms with Crippen LogP contribution in [-0.4, -0.2) is 28.4 Å². The molecule has 1 saturated carbocycles. The number of fused-ring (bicyclic) bond motifs is 1. The summed E-state index contributed by atoms with van der Waals surface area (Å²) in [5.74, 6) is -1.39. The molecular weight excluding hydrogens is 353 g/mol. The molecule has 0 unspecified atom stereocenters. The van der Waals surface area contributed by atoms with Crippen molar-refractivity contribution in [3.63, 3.8) is 0 Å². The molecule has 0 saturated heterocycles. The van der Waals surface area contributed by atoms with Crippen LogP contribution in [-0.2, 0) is 22.6 Å². The van der Waals surface area contributed by atoms with Gasteiger partial charge in [0.25, 0.3) is 0 Å². The second kappa shape index (κ2) is 5.65. The molecule has 0 bridgehead atoms. The quantitative estimate of drug-likeness (QED) is 0.890. The Balaban J connectivity index is 1.76. The molecule has 118 valence electrons. The number of carboxylic acids is 1. The van der Waals surface area contributed by atoms with Gasteiger partial charge < -0.3 is 10.0 Å². The van der Waals surface area contributed by atoms with Crippen molar-refractivity contribution in [1.82, 2.24) is 4.90 Å². The van der Waals surface area contributed by atoms with Crippen molar-refractivity contribution in [2.75, 3.05) is 6.54 Å². The van der Waals surface area contributed by atoms with E-state index in [0.717, 1.165) is 16.5 Å². The minimum Gasteiger partial charge on any atom is -0.481 e. The lowest BCUT2D eigenvalue weighted by molar-refractivity contribution is -0.159. The van der Waals surface area contributed by atoms with Gasteiger partial charge in [-0.15, -0.1) is 0 Å². The second-order valence-corrected chi connectivity index (χ2v) is 7.02. The zero-order chi connectivity index (χ0) is 15.9. The van der Waals surface area contributed by atoms with Crippen molar-refractivity contribution in [2.24, 2.45) is 5.41 Å². The Morgan fingerprint density at radius 2 is 2.05 bits per heavy atom. The van der Waals surface area contributed by atoms with E-state index in [-0.39, 0.29) is 24.7 Å². The molecule has 1 heterocycles. The van der Waals surface area contributed by atoms with Crippen LogP contribution in [0.2, 0.25) is 0 Å². The fourth-order valence-electron chi connectivity index (χ4n) is 3.28. The highest BCUT2D eigenvalue weighted by molar-refractivity contribution is 9.10. The van der Waals surface area contributed by atoms with Crippen LogP contribution in [0.3, 0.4) is 0 Å². The summed E-state index contributed by atoms with van der Waals surface area (Å²) in [6.07, 6.45) is 2.56. The van der Waals surface area contributed by atoms with Crippen LogP contribution >= 0.6 is 15.9 Å². The first-order valence-corrected chi connectivity index (χ1v) is 8.19. The highest BCUT2D eigenvalue weighted by Gasteiger charge is 2.46. The normalized spacial score (nSPS) is 19.3. The fourth-order valence-corrected chi connectivity index (χ4v) is 3.85. The predicted molar refractivity (Wildman–Crippen MR) is 81.8 cm³/mol. The van der Waals surface area contributed by atoms with Gasteiger partial charge >= 0.3 is 5.97 Å². The molecule has 1 fully saturated rings. The summed E-state index contributed by atoms with van der Waals surface area (Å²) >= 11 is 3.41. The molecule has 1 aliphatic heterocycles. The van der Waals surface area contributed by atoms with Gasteiger partial charge in [0.2, 0.25) is 5.91 Å². The average Bonchev–Trinajstić information content (AvgIpc) is 2.46. The zero-order valence-corrected chi connectivity index (χ0v) is 13.7. The molecule has 1 N–H and O–H groups in total. The first-order chi connectivity index (χ1) is 10.4. The fraction of sp³-hybridized carbons (Fsp3) is 0.500. The Labute approximate surface area is 136 Å². The van der Waals surface area contributed by atoms with Crippen LogP contribution in [0.4, 0.5) is 4.39 Å². The van der Waals surface area contributed by atoms with E-state index >= 15 is 0 Å². The number of benzene rings is 1. The van der Waals surface area contributed by atoms with Gasteiger partial charge in [0.1, 0.15) is 5.82 Å². The first-order valence-electron chi connectivity index (χ1n) is 7.40. The molecule has 6 heteroatoms.